The number of hydrogen-bond acceptors (Lipinski definition) is 4. The average molecular weight is 571 g/mol. The molecule has 216 valence electrons. The maximum atomic E-state index is 13.4. The van der Waals surface area contributed by atoms with Crippen molar-refractivity contribution in [1.29, 1.82) is 0 Å². The molecule has 1 fully saturated rings. The second kappa shape index (κ2) is 10.9. The van der Waals surface area contributed by atoms with E-state index in [9.17, 15) is 41.0 Å². The third-order valence-corrected chi connectivity index (χ3v) is 7.90. The Bertz CT molecular complexity index is 1240. The molecule has 0 unspecified atom stereocenters. The van der Waals surface area contributed by atoms with E-state index in [-0.39, 0.29) is 50.0 Å². The third kappa shape index (κ3) is 6.16. The van der Waals surface area contributed by atoms with Crippen molar-refractivity contribution in [2.45, 2.75) is 68.4 Å². The zero-order valence-corrected chi connectivity index (χ0v) is 21.6. The molecule has 6 nitrogen and oxygen atoms in total. The fourth-order valence-electron chi connectivity index (χ4n) is 5.61. The predicted molar refractivity (Wildman–Crippen MR) is 133 cm³/mol. The van der Waals surface area contributed by atoms with Crippen LogP contribution in [-0.4, -0.2) is 46.9 Å². The summed E-state index contributed by atoms with van der Waals surface area (Å²) in [6, 6.07) is 10.5. The monoisotopic (exact) mass is 570 g/mol. The van der Waals surface area contributed by atoms with Gasteiger partial charge in [-0.1, -0.05) is 30.3 Å². The highest BCUT2D eigenvalue weighted by Gasteiger charge is 2.50. The molecule has 1 aliphatic heterocycles. The van der Waals surface area contributed by atoms with E-state index in [2.05, 4.69) is 4.99 Å². The summed E-state index contributed by atoms with van der Waals surface area (Å²) in [5.74, 6) is -1.38. The molecular formula is C28H28F6N2O4. The van der Waals surface area contributed by atoms with E-state index in [0.717, 1.165) is 5.56 Å². The van der Waals surface area contributed by atoms with Crippen molar-refractivity contribution in [3.05, 3.63) is 70.8 Å². The van der Waals surface area contributed by atoms with Gasteiger partial charge in [0, 0.05) is 5.41 Å². The third-order valence-electron chi connectivity index (χ3n) is 7.90. The number of carbonyl (C=O) groups excluding carboxylic acids is 1. The Balaban J connectivity index is 1.62. The van der Waals surface area contributed by atoms with Crippen LogP contribution in [0.4, 0.5) is 26.3 Å². The Morgan fingerprint density at radius 1 is 1.00 bits per heavy atom. The van der Waals surface area contributed by atoms with Gasteiger partial charge >= 0.3 is 18.3 Å². The lowest BCUT2D eigenvalue weighted by atomic mass is 9.63. The SMILES string of the molecule is C[C@@H](OCC1(c2ccccc2)CCC(CC(=O)O)(N2C=NCC2=O)CC1)c1cc(C(F)(F)F)cc(C(F)(F)F)c1. The Morgan fingerprint density at radius 2 is 1.57 bits per heavy atom. The summed E-state index contributed by atoms with van der Waals surface area (Å²) in [6.45, 7) is 1.29. The largest absolute Gasteiger partial charge is 0.481 e. The Labute approximate surface area is 226 Å². The molecule has 2 aromatic carbocycles. The summed E-state index contributed by atoms with van der Waals surface area (Å²) < 4.78 is 86.3. The lowest BCUT2D eigenvalue weighted by Gasteiger charge is -2.49. The first-order valence-electron chi connectivity index (χ1n) is 12.7. The number of benzene rings is 2. The van der Waals surface area contributed by atoms with Crippen molar-refractivity contribution in [3.63, 3.8) is 0 Å². The van der Waals surface area contributed by atoms with Crippen LogP contribution in [0.25, 0.3) is 0 Å². The average Bonchev–Trinajstić information content (AvgIpc) is 3.33. The van der Waals surface area contributed by atoms with Crippen LogP contribution in [0, 0.1) is 0 Å². The maximum Gasteiger partial charge on any atom is 0.416 e. The van der Waals surface area contributed by atoms with E-state index in [1.807, 2.05) is 12.1 Å². The molecular weight excluding hydrogens is 542 g/mol. The number of hydrogen-bond donors (Lipinski definition) is 1. The predicted octanol–water partition coefficient (Wildman–Crippen LogP) is 6.40. The van der Waals surface area contributed by atoms with Gasteiger partial charge in [-0.25, -0.2) is 0 Å². The van der Waals surface area contributed by atoms with Crippen molar-refractivity contribution >= 4 is 18.2 Å². The molecule has 1 saturated carbocycles. The number of aliphatic carboxylic acids is 1. The molecule has 1 atom stereocenters. The number of halogens is 6. The first-order chi connectivity index (χ1) is 18.7. The number of amides is 1. The van der Waals surface area contributed by atoms with E-state index in [4.69, 9.17) is 4.74 Å². The maximum absolute atomic E-state index is 13.4. The minimum atomic E-state index is -4.98. The summed E-state index contributed by atoms with van der Waals surface area (Å²) in [4.78, 5) is 29.6. The molecule has 1 amide bonds. The number of ether oxygens (including phenoxy) is 1. The number of carboxylic acids is 1. The van der Waals surface area contributed by atoms with Crippen LogP contribution in [-0.2, 0) is 32.1 Å². The number of carbonyl (C=O) groups is 2. The van der Waals surface area contributed by atoms with E-state index < -0.39 is 46.5 Å². The fourth-order valence-corrected chi connectivity index (χ4v) is 5.61. The van der Waals surface area contributed by atoms with Crippen molar-refractivity contribution in [1.82, 2.24) is 4.90 Å². The number of alkyl halides is 6. The van der Waals surface area contributed by atoms with Gasteiger partial charge in [0.15, 0.2) is 0 Å². The van der Waals surface area contributed by atoms with Crippen molar-refractivity contribution in [3.8, 4) is 0 Å². The van der Waals surface area contributed by atoms with Crippen molar-refractivity contribution < 1.29 is 45.8 Å². The van der Waals surface area contributed by atoms with Gasteiger partial charge < -0.3 is 9.84 Å². The van der Waals surface area contributed by atoms with Crippen molar-refractivity contribution in [2.75, 3.05) is 13.2 Å². The molecule has 12 heteroatoms. The Kier molecular flexibility index (Phi) is 8.04. The molecule has 0 spiro atoms. The summed E-state index contributed by atoms with van der Waals surface area (Å²) in [5, 5.41) is 9.62. The Hall–Kier alpha value is -3.41. The van der Waals surface area contributed by atoms with Crippen LogP contribution in [0.1, 0.15) is 67.4 Å². The van der Waals surface area contributed by atoms with Gasteiger partial charge in [0.25, 0.3) is 0 Å². The second-order valence-electron chi connectivity index (χ2n) is 10.5. The fraction of sp³-hybridized carbons (Fsp3) is 0.464. The van der Waals surface area contributed by atoms with Gasteiger partial charge in [0.1, 0.15) is 6.54 Å². The van der Waals surface area contributed by atoms with Crippen LogP contribution < -0.4 is 0 Å². The molecule has 4 rings (SSSR count). The second-order valence-corrected chi connectivity index (χ2v) is 10.5. The molecule has 2 aliphatic rings. The van der Waals surface area contributed by atoms with Crippen LogP contribution in [0.15, 0.2) is 53.5 Å². The van der Waals surface area contributed by atoms with E-state index in [1.165, 1.54) is 18.2 Å². The molecule has 1 aliphatic carbocycles. The first-order valence-corrected chi connectivity index (χ1v) is 12.7. The van der Waals surface area contributed by atoms with Gasteiger partial charge in [-0.15, -0.1) is 0 Å². The van der Waals surface area contributed by atoms with Gasteiger partial charge in [0.05, 0.1) is 42.1 Å². The quantitative estimate of drug-likeness (QED) is 0.373. The number of nitrogens with zero attached hydrogens (tertiary/aromatic N) is 2. The van der Waals surface area contributed by atoms with E-state index in [0.29, 0.717) is 25.0 Å². The Morgan fingerprint density at radius 3 is 2.05 bits per heavy atom. The lowest BCUT2D eigenvalue weighted by Crippen LogP contribution is -2.55. The standard InChI is InChI=1S/C28H28F6N2O4/c1-18(19-11-21(27(29,30)31)13-22(12-19)28(32,33)34)40-16-25(20-5-3-2-4-6-20)7-9-26(10-8-25,14-24(38)39)36-17-35-15-23(36)37/h2-6,11-13,17-18H,7-10,14-16H2,1H3,(H,38,39)/t18-,25?,26?/m1/s1. The van der Waals surface area contributed by atoms with E-state index in [1.54, 1.807) is 18.2 Å². The van der Waals surface area contributed by atoms with Crippen LogP contribution >= 0.6 is 0 Å². The molecule has 0 aromatic heterocycles. The summed E-state index contributed by atoms with van der Waals surface area (Å²) in [6.07, 6.45) is -8.69. The molecule has 1 heterocycles. The molecule has 40 heavy (non-hydrogen) atoms. The normalized spacial score (nSPS) is 24.4. The van der Waals surface area contributed by atoms with Crippen LogP contribution in [0.2, 0.25) is 0 Å². The zero-order valence-electron chi connectivity index (χ0n) is 21.6. The number of carboxylic acid groups (broad SMARTS) is 1. The summed E-state index contributed by atoms with van der Waals surface area (Å²) in [5.41, 5.74) is -3.98. The van der Waals surface area contributed by atoms with Crippen LogP contribution in [0.3, 0.4) is 0 Å². The highest BCUT2D eigenvalue weighted by atomic mass is 19.4. The number of aliphatic imine (C=N–C) groups is 1. The summed E-state index contributed by atoms with van der Waals surface area (Å²) >= 11 is 0. The topological polar surface area (TPSA) is 79.2 Å². The summed E-state index contributed by atoms with van der Waals surface area (Å²) in [7, 11) is 0. The molecule has 0 radical (unpaired) electrons. The lowest BCUT2D eigenvalue weighted by molar-refractivity contribution is -0.144. The van der Waals surface area contributed by atoms with E-state index >= 15 is 0 Å². The zero-order chi connectivity index (χ0) is 29.3. The molecule has 0 bridgehead atoms. The van der Waals surface area contributed by atoms with Gasteiger partial charge in [0.2, 0.25) is 5.91 Å². The minimum absolute atomic E-state index is 0.0407. The van der Waals surface area contributed by atoms with Crippen LogP contribution in [0.5, 0.6) is 0 Å². The first kappa shape index (κ1) is 29.6. The molecule has 2 aromatic rings. The van der Waals surface area contributed by atoms with Gasteiger partial charge in [-0.2, -0.15) is 26.3 Å². The minimum Gasteiger partial charge on any atom is -0.481 e. The highest BCUT2D eigenvalue weighted by molar-refractivity contribution is 5.95. The van der Waals surface area contributed by atoms with Crippen molar-refractivity contribution in [2.24, 2.45) is 4.99 Å². The highest BCUT2D eigenvalue weighted by Crippen LogP contribution is 2.48. The van der Waals surface area contributed by atoms with Gasteiger partial charge in [-0.3, -0.25) is 19.5 Å². The smallest absolute Gasteiger partial charge is 0.416 e. The van der Waals surface area contributed by atoms with Gasteiger partial charge in [-0.05, 0) is 61.9 Å². The number of rotatable bonds is 8. The molecule has 0 saturated heterocycles. The molecule has 1 N–H and O–H groups in total.